The minimum atomic E-state index is -0.0915. The maximum atomic E-state index is 12.3. The first kappa shape index (κ1) is 14.9. The van der Waals surface area contributed by atoms with Crippen molar-refractivity contribution >= 4 is 27.9 Å². The Morgan fingerprint density at radius 1 is 1.23 bits per heavy atom. The fourth-order valence-electron chi connectivity index (χ4n) is 2.28. The molecule has 1 amide bonds. The van der Waals surface area contributed by atoms with Crippen molar-refractivity contribution in [2.45, 2.75) is 13.5 Å². The molecule has 0 saturated heterocycles. The van der Waals surface area contributed by atoms with E-state index in [0.29, 0.717) is 18.7 Å². The van der Waals surface area contributed by atoms with Crippen molar-refractivity contribution in [2.75, 3.05) is 6.61 Å². The summed E-state index contributed by atoms with van der Waals surface area (Å²) in [6.07, 6.45) is 1.88. The Morgan fingerprint density at radius 2 is 2.00 bits per heavy atom. The van der Waals surface area contributed by atoms with Gasteiger partial charge in [-0.3, -0.25) is 4.79 Å². The fraction of sp³-hybridized carbons (Fsp3) is 0.167. The molecule has 0 spiro atoms. The van der Waals surface area contributed by atoms with Crippen molar-refractivity contribution in [3.8, 4) is 5.75 Å². The van der Waals surface area contributed by atoms with Crippen molar-refractivity contribution in [2.24, 2.45) is 0 Å². The number of hydrogen-bond donors (Lipinski definition) is 1. The van der Waals surface area contributed by atoms with Gasteiger partial charge in [0.25, 0.3) is 5.91 Å². The molecule has 3 rings (SSSR count). The van der Waals surface area contributed by atoms with Gasteiger partial charge in [-0.25, -0.2) is 0 Å². The van der Waals surface area contributed by atoms with Crippen LogP contribution in [-0.2, 0) is 11.3 Å². The molecule has 0 aromatic heterocycles. The first-order valence-corrected chi connectivity index (χ1v) is 7.88. The zero-order valence-electron chi connectivity index (χ0n) is 12.2. The molecule has 0 saturated carbocycles. The molecule has 0 fully saturated rings. The standard InChI is InChI=1S/C18H16BrNO2/c1-12-2-4-13(5-3-12)10-20-18(21)15-8-14-9-16(19)6-7-17(14)22-11-15/h2-9H,10-11H2,1H3,(H,20,21). The monoisotopic (exact) mass is 357 g/mol. The second kappa shape index (κ2) is 6.36. The molecule has 1 N–H and O–H groups in total. The highest BCUT2D eigenvalue weighted by Crippen LogP contribution is 2.29. The van der Waals surface area contributed by atoms with Crippen LogP contribution >= 0.6 is 15.9 Å². The molecule has 3 nitrogen and oxygen atoms in total. The molecule has 1 aliphatic heterocycles. The first-order valence-electron chi connectivity index (χ1n) is 7.08. The molecule has 0 unspecified atom stereocenters. The van der Waals surface area contributed by atoms with Gasteiger partial charge >= 0.3 is 0 Å². The van der Waals surface area contributed by atoms with E-state index in [1.54, 1.807) is 0 Å². The second-order valence-corrected chi connectivity index (χ2v) is 6.22. The number of fused-ring (bicyclic) bond motifs is 1. The van der Waals surface area contributed by atoms with E-state index in [9.17, 15) is 4.79 Å². The van der Waals surface area contributed by atoms with Crippen LogP contribution in [0.25, 0.3) is 6.08 Å². The quantitative estimate of drug-likeness (QED) is 0.905. The summed E-state index contributed by atoms with van der Waals surface area (Å²) in [5, 5.41) is 2.93. The summed E-state index contributed by atoms with van der Waals surface area (Å²) >= 11 is 3.43. The molecule has 1 aliphatic rings. The SMILES string of the molecule is Cc1ccc(CNC(=O)C2=Cc3cc(Br)ccc3OC2)cc1. The average molecular weight is 358 g/mol. The van der Waals surface area contributed by atoms with Crippen molar-refractivity contribution in [1.29, 1.82) is 0 Å². The maximum Gasteiger partial charge on any atom is 0.250 e. The van der Waals surface area contributed by atoms with E-state index in [1.165, 1.54) is 5.56 Å². The van der Waals surface area contributed by atoms with Crippen molar-refractivity contribution in [3.05, 3.63) is 69.2 Å². The van der Waals surface area contributed by atoms with Gasteiger partial charge < -0.3 is 10.1 Å². The van der Waals surface area contributed by atoms with Crippen molar-refractivity contribution in [3.63, 3.8) is 0 Å². The lowest BCUT2D eigenvalue weighted by Crippen LogP contribution is -2.28. The summed E-state index contributed by atoms with van der Waals surface area (Å²) in [5.41, 5.74) is 3.85. The number of benzene rings is 2. The Morgan fingerprint density at radius 3 is 2.77 bits per heavy atom. The Labute approximate surface area is 138 Å². The van der Waals surface area contributed by atoms with E-state index in [4.69, 9.17) is 4.74 Å². The summed E-state index contributed by atoms with van der Waals surface area (Å²) in [4.78, 5) is 12.3. The maximum absolute atomic E-state index is 12.3. The number of hydrogen-bond acceptors (Lipinski definition) is 2. The van der Waals surface area contributed by atoms with Crippen LogP contribution in [0.1, 0.15) is 16.7 Å². The highest BCUT2D eigenvalue weighted by atomic mass is 79.9. The van der Waals surface area contributed by atoms with Gasteiger partial charge in [0.15, 0.2) is 0 Å². The summed E-state index contributed by atoms with van der Waals surface area (Å²) in [7, 11) is 0. The van der Waals surface area contributed by atoms with Gasteiger partial charge in [-0.1, -0.05) is 45.8 Å². The molecule has 2 aromatic carbocycles. The van der Waals surface area contributed by atoms with Crippen LogP contribution in [0, 0.1) is 6.92 Å². The third-order valence-electron chi connectivity index (χ3n) is 3.55. The van der Waals surface area contributed by atoms with E-state index >= 15 is 0 Å². The molecular weight excluding hydrogens is 342 g/mol. The van der Waals surface area contributed by atoms with E-state index in [1.807, 2.05) is 55.5 Å². The van der Waals surface area contributed by atoms with Crippen LogP contribution in [0.3, 0.4) is 0 Å². The molecule has 112 valence electrons. The Hall–Kier alpha value is -2.07. The van der Waals surface area contributed by atoms with Crippen LogP contribution in [0.2, 0.25) is 0 Å². The molecule has 0 atom stereocenters. The normalized spacial score (nSPS) is 12.9. The number of halogens is 1. The lowest BCUT2D eigenvalue weighted by molar-refractivity contribution is -0.117. The predicted octanol–water partition coefficient (Wildman–Crippen LogP) is 3.85. The van der Waals surface area contributed by atoms with Crippen molar-refractivity contribution < 1.29 is 9.53 Å². The van der Waals surface area contributed by atoms with Gasteiger partial charge in [0, 0.05) is 16.6 Å². The Balaban J connectivity index is 1.69. The minimum Gasteiger partial charge on any atom is -0.488 e. The highest BCUT2D eigenvalue weighted by Gasteiger charge is 2.17. The lowest BCUT2D eigenvalue weighted by atomic mass is 10.1. The highest BCUT2D eigenvalue weighted by molar-refractivity contribution is 9.10. The number of carbonyl (C=O) groups excluding carboxylic acids is 1. The van der Waals surface area contributed by atoms with Gasteiger partial charge in [-0.15, -0.1) is 0 Å². The topological polar surface area (TPSA) is 38.3 Å². The molecule has 22 heavy (non-hydrogen) atoms. The van der Waals surface area contributed by atoms with Crippen LogP contribution in [0.5, 0.6) is 5.75 Å². The number of rotatable bonds is 3. The molecule has 0 radical (unpaired) electrons. The van der Waals surface area contributed by atoms with Crippen LogP contribution < -0.4 is 10.1 Å². The summed E-state index contributed by atoms with van der Waals surface area (Å²) in [5.74, 6) is 0.712. The minimum absolute atomic E-state index is 0.0915. The van der Waals surface area contributed by atoms with Gasteiger partial charge in [-0.2, -0.15) is 0 Å². The Bertz CT molecular complexity index is 735. The average Bonchev–Trinajstić information content (AvgIpc) is 2.53. The predicted molar refractivity (Wildman–Crippen MR) is 90.6 cm³/mol. The third-order valence-corrected chi connectivity index (χ3v) is 4.04. The Kier molecular flexibility index (Phi) is 4.29. The zero-order chi connectivity index (χ0) is 15.5. The molecule has 4 heteroatoms. The van der Waals surface area contributed by atoms with E-state index < -0.39 is 0 Å². The molecule has 2 aromatic rings. The summed E-state index contributed by atoms with van der Waals surface area (Å²) in [6, 6.07) is 13.9. The first-order chi connectivity index (χ1) is 10.6. The summed E-state index contributed by atoms with van der Waals surface area (Å²) in [6.45, 7) is 2.86. The number of aryl methyl sites for hydroxylation is 1. The van der Waals surface area contributed by atoms with E-state index in [0.717, 1.165) is 21.3 Å². The largest absolute Gasteiger partial charge is 0.488 e. The van der Waals surface area contributed by atoms with Crippen LogP contribution in [0.15, 0.2) is 52.5 Å². The number of amides is 1. The van der Waals surface area contributed by atoms with E-state index in [2.05, 4.69) is 21.2 Å². The van der Waals surface area contributed by atoms with Gasteiger partial charge in [0.2, 0.25) is 0 Å². The van der Waals surface area contributed by atoms with Gasteiger partial charge in [0.05, 0.1) is 5.57 Å². The van der Waals surface area contributed by atoms with Gasteiger partial charge in [-0.05, 0) is 36.8 Å². The van der Waals surface area contributed by atoms with Crippen LogP contribution in [0.4, 0.5) is 0 Å². The van der Waals surface area contributed by atoms with Gasteiger partial charge in [0.1, 0.15) is 12.4 Å². The number of carbonyl (C=O) groups is 1. The smallest absolute Gasteiger partial charge is 0.250 e. The molecule has 0 aliphatic carbocycles. The van der Waals surface area contributed by atoms with E-state index in [-0.39, 0.29) is 5.91 Å². The third kappa shape index (κ3) is 3.39. The summed E-state index contributed by atoms with van der Waals surface area (Å²) < 4.78 is 6.60. The molecular formula is C18H16BrNO2. The lowest BCUT2D eigenvalue weighted by Gasteiger charge is -2.18. The molecule has 0 bridgehead atoms. The second-order valence-electron chi connectivity index (χ2n) is 5.31. The van der Waals surface area contributed by atoms with Crippen molar-refractivity contribution in [1.82, 2.24) is 5.32 Å². The van der Waals surface area contributed by atoms with Crippen LogP contribution in [-0.4, -0.2) is 12.5 Å². The molecule has 1 heterocycles. The number of ether oxygens (including phenoxy) is 1. The fourth-order valence-corrected chi connectivity index (χ4v) is 2.66. The zero-order valence-corrected chi connectivity index (χ0v) is 13.8. The number of nitrogens with one attached hydrogen (secondary N) is 1.